The average molecular weight is 378 g/mol. The second kappa shape index (κ2) is 7.28. The smallest absolute Gasteiger partial charge is 0.344 e. The first-order valence-corrected chi connectivity index (χ1v) is 9.86. The van der Waals surface area contributed by atoms with Crippen LogP contribution in [0.25, 0.3) is 11.3 Å². The van der Waals surface area contributed by atoms with Crippen LogP contribution in [-0.2, 0) is 19.4 Å². The molecule has 1 amide bonds. The molecular weight excluding hydrogens is 360 g/mol. The lowest BCUT2D eigenvalue weighted by atomic mass is 10.1. The molecule has 2 heterocycles. The number of aromatic nitrogens is 1. The molecule has 138 valence electrons. The van der Waals surface area contributed by atoms with E-state index >= 15 is 0 Å². The lowest BCUT2D eigenvalue weighted by Gasteiger charge is -2.11. The molecule has 0 aliphatic carbocycles. The molecule has 26 heavy (non-hydrogen) atoms. The van der Waals surface area contributed by atoms with Crippen LogP contribution >= 0.6 is 0 Å². The number of sulfone groups is 1. The van der Waals surface area contributed by atoms with Crippen molar-refractivity contribution in [3.63, 3.8) is 0 Å². The number of ether oxygens (including phenoxy) is 1. The van der Waals surface area contributed by atoms with Gasteiger partial charge < -0.3 is 14.6 Å². The molecule has 1 aliphatic rings. The Labute approximate surface area is 150 Å². The third-order valence-electron chi connectivity index (χ3n) is 4.05. The van der Waals surface area contributed by atoms with Crippen LogP contribution in [0.3, 0.4) is 0 Å². The molecule has 1 atom stereocenters. The number of rotatable bonds is 5. The lowest BCUT2D eigenvalue weighted by Crippen LogP contribution is -2.38. The van der Waals surface area contributed by atoms with E-state index in [1.807, 2.05) is 6.07 Å². The highest BCUT2D eigenvalue weighted by Gasteiger charge is 2.29. The zero-order chi connectivity index (χ0) is 18.7. The second-order valence-electron chi connectivity index (χ2n) is 6.07. The highest BCUT2D eigenvalue weighted by Crippen LogP contribution is 2.25. The number of carbonyl (C=O) groups excluding carboxylic acids is 2. The third kappa shape index (κ3) is 4.10. The van der Waals surface area contributed by atoms with E-state index in [0.717, 1.165) is 0 Å². The number of hydrogen-bond acceptors (Lipinski definition) is 7. The SMILES string of the molecule is Cc1onc(-c2ccccc2)c1C(=O)OCC(=O)N[C@H]1CCS(=O)(=O)C1. The van der Waals surface area contributed by atoms with E-state index in [1.54, 1.807) is 31.2 Å². The van der Waals surface area contributed by atoms with E-state index in [1.165, 1.54) is 0 Å². The maximum atomic E-state index is 12.4. The van der Waals surface area contributed by atoms with Gasteiger partial charge in [-0.1, -0.05) is 35.5 Å². The molecule has 0 bridgehead atoms. The number of nitrogens with zero attached hydrogens (tertiary/aromatic N) is 1. The molecule has 1 aromatic heterocycles. The maximum Gasteiger partial charge on any atom is 0.344 e. The summed E-state index contributed by atoms with van der Waals surface area (Å²) in [7, 11) is -3.09. The van der Waals surface area contributed by atoms with Crippen molar-refractivity contribution in [1.29, 1.82) is 0 Å². The fourth-order valence-electron chi connectivity index (χ4n) is 2.79. The number of benzene rings is 1. The number of amides is 1. The normalized spacial score (nSPS) is 18.4. The highest BCUT2D eigenvalue weighted by molar-refractivity contribution is 7.91. The third-order valence-corrected chi connectivity index (χ3v) is 5.81. The van der Waals surface area contributed by atoms with Gasteiger partial charge in [0.2, 0.25) is 0 Å². The fraction of sp³-hybridized carbons (Fsp3) is 0.353. The van der Waals surface area contributed by atoms with Gasteiger partial charge >= 0.3 is 5.97 Å². The van der Waals surface area contributed by atoms with Crippen molar-refractivity contribution in [2.75, 3.05) is 18.1 Å². The minimum absolute atomic E-state index is 0.0536. The first-order chi connectivity index (χ1) is 12.4. The average Bonchev–Trinajstić information content (AvgIpc) is 3.15. The molecule has 1 aromatic carbocycles. The number of aryl methyl sites for hydroxylation is 1. The number of carbonyl (C=O) groups is 2. The van der Waals surface area contributed by atoms with E-state index in [-0.39, 0.29) is 22.8 Å². The number of nitrogens with one attached hydrogen (secondary N) is 1. The van der Waals surface area contributed by atoms with Gasteiger partial charge in [-0.05, 0) is 13.3 Å². The second-order valence-corrected chi connectivity index (χ2v) is 8.30. The Kier molecular flexibility index (Phi) is 5.08. The van der Waals surface area contributed by atoms with E-state index in [0.29, 0.717) is 17.7 Å². The Morgan fingerprint density at radius 2 is 2.04 bits per heavy atom. The van der Waals surface area contributed by atoms with E-state index in [4.69, 9.17) is 9.26 Å². The Bertz CT molecular complexity index is 920. The predicted molar refractivity (Wildman–Crippen MR) is 92.2 cm³/mol. The topological polar surface area (TPSA) is 116 Å². The van der Waals surface area contributed by atoms with Gasteiger partial charge in [-0.25, -0.2) is 13.2 Å². The van der Waals surface area contributed by atoms with Crippen molar-refractivity contribution in [3.05, 3.63) is 41.7 Å². The summed E-state index contributed by atoms with van der Waals surface area (Å²) in [4.78, 5) is 24.3. The van der Waals surface area contributed by atoms with Gasteiger partial charge in [0.1, 0.15) is 17.0 Å². The fourth-order valence-corrected chi connectivity index (χ4v) is 4.46. The van der Waals surface area contributed by atoms with Crippen LogP contribution in [-0.4, -0.2) is 49.6 Å². The summed E-state index contributed by atoms with van der Waals surface area (Å²) in [5.41, 5.74) is 1.19. The van der Waals surface area contributed by atoms with Crippen molar-refractivity contribution >= 4 is 21.7 Å². The molecule has 0 radical (unpaired) electrons. The van der Waals surface area contributed by atoms with Gasteiger partial charge in [0.05, 0.1) is 11.5 Å². The molecule has 1 aliphatic heterocycles. The number of esters is 1. The molecule has 1 saturated heterocycles. The van der Waals surface area contributed by atoms with Crippen molar-refractivity contribution in [3.8, 4) is 11.3 Å². The Hall–Kier alpha value is -2.68. The van der Waals surface area contributed by atoms with E-state index in [9.17, 15) is 18.0 Å². The van der Waals surface area contributed by atoms with E-state index in [2.05, 4.69) is 10.5 Å². The van der Waals surface area contributed by atoms with Crippen LogP contribution in [0.15, 0.2) is 34.9 Å². The summed E-state index contributed by atoms with van der Waals surface area (Å²) >= 11 is 0. The molecule has 1 fully saturated rings. The zero-order valence-corrected chi connectivity index (χ0v) is 14.9. The lowest BCUT2D eigenvalue weighted by molar-refractivity contribution is -0.124. The van der Waals surface area contributed by atoms with Crippen molar-refractivity contribution in [2.24, 2.45) is 0 Å². The van der Waals surface area contributed by atoms with Crippen molar-refractivity contribution in [2.45, 2.75) is 19.4 Å². The van der Waals surface area contributed by atoms with Crippen LogP contribution < -0.4 is 5.32 Å². The first kappa shape index (κ1) is 18.1. The summed E-state index contributed by atoms with van der Waals surface area (Å²) in [6.07, 6.45) is 0.366. The van der Waals surface area contributed by atoms with Gasteiger partial charge in [0.15, 0.2) is 16.4 Å². The largest absolute Gasteiger partial charge is 0.452 e. The van der Waals surface area contributed by atoms with Crippen LogP contribution in [0.4, 0.5) is 0 Å². The van der Waals surface area contributed by atoms with Crippen molar-refractivity contribution in [1.82, 2.24) is 10.5 Å². The number of hydrogen-bond donors (Lipinski definition) is 1. The zero-order valence-electron chi connectivity index (χ0n) is 14.1. The van der Waals surface area contributed by atoms with Crippen LogP contribution in [0.1, 0.15) is 22.5 Å². The molecule has 0 unspecified atom stereocenters. The van der Waals surface area contributed by atoms with Gasteiger partial charge in [0.25, 0.3) is 5.91 Å². The maximum absolute atomic E-state index is 12.4. The first-order valence-electron chi connectivity index (χ1n) is 8.04. The van der Waals surface area contributed by atoms with Gasteiger partial charge in [-0.2, -0.15) is 0 Å². The van der Waals surface area contributed by atoms with Gasteiger partial charge in [-0.3, -0.25) is 4.79 Å². The minimum Gasteiger partial charge on any atom is -0.452 e. The minimum atomic E-state index is -3.09. The Morgan fingerprint density at radius 1 is 1.31 bits per heavy atom. The molecule has 0 spiro atoms. The molecule has 1 N–H and O–H groups in total. The molecule has 0 saturated carbocycles. The molecule has 8 nitrogen and oxygen atoms in total. The summed E-state index contributed by atoms with van der Waals surface area (Å²) < 4.78 is 32.9. The Balaban J connectivity index is 1.62. The van der Waals surface area contributed by atoms with Crippen molar-refractivity contribution < 1.29 is 27.3 Å². The van der Waals surface area contributed by atoms with Crippen LogP contribution in [0.2, 0.25) is 0 Å². The molecule has 3 rings (SSSR count). The van der Waals surface area contributed by atoms with Crippen LogP contribution in [0.5, 0.6) is 0 Å². The Morgan fingerprint density at radius 3 is 2.69 bits per heavy atom. The molecule has 2 aromatic rings. The predicted octanol–water partition coefficient (Wildman–Crippen LogP) is 1.11. The summed E-state index contributed by atoms with van der Waals surface area (Å²) in [5.74, 6) is -1.02. The van der Waals surface area contributed by atoms with E-state index < -0.39 is 34.4 Å². The summed E-state index contributed by atoms with van der Waals surface area (Å²) in [5, 5.41) is 6.45. The summed E-state index contributed by atoms with van der Waals surface area (Å²) in [6.45, 7) is 1.08. The highest BCUT2D eigenvalue weighted by atomic mass is 32.2. The van der Waals surface area contributed by atoms with Gasteiger partial charge in [0, 0.05) is 11.6 Å². The van der Waals surface area contributed by atoms with Gasteiger partial charge in [-0.15, -0.1) is 0 Å². The summed E-state index contributed by atoms with van der Waals surface area (Å²) in [6, 6.07) is 8.56. The molecular formula is C17H18N2O6S. The monoisotopic (exact) mass is 378 g/mol. The van der Waals surface area contributed by atoms with Crippen LogP contribution in [0, 0.1) is 6.92 Å². The standard InChI is InChI=1S/C17H18N2O6S/c1-11-15(16(19-25-11)12-5-3-2-4-6-12)17(21)24-9-14(20)18-13-7-8-26(22,23)10-13/h2-6,13H,7-10H2,1H3,(H,18,20)/t13-/m0/s1. The molecule has 9 heteroatoms. The quantitative estimate of drug-likeness (QED) is 0.775.